The molecule has 6 heteroatoms. The van der Waals surface area contributed by atoms with Gasteiger partial charge in [0.05, 0.1) is 5.71 Å². The lowest BCUT2D eigenvalue weighted by Gasteiger charge is -2.05. The Kier molecular flexibility index (Phi) is 5.54. The molecule has 0 atom stereocenters. The summed E-state index contributed by atoms with van der Waals surface area (Å²) in [6.45, 7) is 1.80. The van der Waals surface area contributed by atoms with Crippen molar-refractivity contribution in [3.63, 3.8) is 0 Å². The highest BCUT2D eigenvalue weighted by atomic mass is 127. The Morgan fingerprint density at radius 3 is 2.75 bits per heavy atom. The quantitative estimate of drug-likeness (QED) is 0.476. The zero-order valence-electron chi connectivity index (χ0n) is 10.8. The summed E-state index contributed by atoms with van der Waals surface area (Å²) in [5.74, 6) is 0.388. The SMILES string of the molecule is CC(=NNC(=O)COc1ccc(I)cc1)c1cccs1. The molecule has 1 aromatic carbocycles. The number of thiophene rings is 1. The maximum absolute atomic E-state index is 11.6. The van der Waals surface area contributed by atoms with Gasteiger partial charge < -0.3 is 4.74 Å². The molecule has 4 nitrogen and oxygen atoms in total. The topological polar surface area (TPSA) is 50.7 Å². The number of hydrogen-bond acceptors (Lipinski definition) is 4. The number of hydrazone groups is 1. The summed E-state index contributed by atoms with van der Waals surface area (Å²) in [5, 5.41) is 6.01. The molecule has 0 bridgehead atoms. The standard InChI is InChI=1S/C14H13IN2O2S/c1-10(13-3-2-8-20-13)16-17-14(18)9-19-12-6-4-11(15)5-7-12/h2-8H,9H2,1H3,(H,17,18). The van der Waals surface area contributed by atoms with Gasteiger partial charge in [0, 0.05) is 8.45 Å². The predicted octanol–water partition coefficient (Wildman–Crippen LogP) is 3.27. The van der Waals surface area contributed by atoms with Crippen LogP contribution in [-0.2, 0) is 4.79 Å². The van der Waals surface area contributed by atoms with Crippen LogP contribution in [0.4, 0.5) is 0 Å². The van der Waals surface area contributed by atoms with Crippen LogP contribution in [0.2, 0.25) is 0 Å². The lowest BCUT2D eigenvalue weighted by molar-refractivity contribution is -0.123. The average Bonchev–Trinajstić information content (AvgIpc) is 2.98. The zero-order chi connectivity index (χ0) is 14.4. The molecule has 2 aromatic rings. The van der Waals surface area contributed by atoms with Crippen LogP contribution >= 0.6 is 33.9 Å². The van der Waals surface area contributed by atoms with Gasteiger partial charge >= 0.3 is 0 Å². The largest absolute Gasteiger partial charge is 0.484 e. The average molecular weight is 400 g/mol. The van der Waals surface area contributed by atoms with Crippen LogP contribution in [0, 0.1) is 3.57 Å². The smallest absolute Gasteiger partial charge is 0.277 e. The van der Waals surface area contributed by atoms with Gasteiger partial charge in [0.2, 0.25) is 0 Å². The normalized spacial score (nSPS) is 11.2. The van der Waals surface area contributed by atoms with Gasteiger partial charge in [-0.25, -0.2) is 5.43 Å². The highest BCUT2D eigenvalue weighted by Crippen LogP contribution is 2.13. The van der Waals surface area contributed by atoms with E-state index in [0.717, 1.165) is 14.2 Å². The van der Waals surface area contributed by atoms with E-state index in [1.54, 1.807) is 11.3 Å². The second kappa shape index (κ2) is 7.39. The van der Waals surface area contributed by atoms with Crippen molar-refractivity contribution in [2.45, 2.75) is 6.92 Å². The first kappa shape index (κ1) is 15.0. The van der Waals surface area contributed by atoms with Crippen molar-refractivity contribution in [3.05, 3.63) is 50.2 Å². The number of ether oxygens (including phenoxy) is 1. The molecule has 2 rings (SSSR count). The molecule has 1 amide bonds. The van der Waals surface area contributed by atoms with E-state index in [9.17, 15) is 4.79 Å². The molecule has 20 heavy (non-hydrogen) atoms. The molecule has 0 saturated carbocycles. The number of benzene rings is 1. The Bertz CT molecular complexity index is 594. The van der Waals surface area contributed by atoms with Gasteiger partial charge in [0.1, 0.15) is 5.75 Å². The fraction of sp³-hybridized carbons (Fsp3) is 0.143. The Morgan fingerprint density at radius 1 is 1.35 bits per heavy atom. The van der Waals surface area contributed by atoms with E-state index in [-0.39, 0.29) is 12.5 Å². The van der Waals surface area contributed by atoms with Gasteiger partial charge in [0.15, 0.2) is 6.61 Å². The van der Waals surface area contributed by atoms with Crippen LogP contribution in [0.15, 0.2) is 46.9 Å². The van der Waals surface area contributed by atoms with E-state index in [2.05, 4.69) is 33.1 Å². The van der Waals surface area contributed by atoms with Crippen LogP contribution in [0.25, 0.3) is 0 Å². The lowest BCUT2D eigenvalue weighted by Crippen LogP contribution is -2.25. The number of nitrogens with one attached hydrogen (secondary N) is 1. The fourth-order valence-electron chi connectivity index (χ4n) is 1.40. The van der Waals surface area contributed by atoms with E-state index < -0.39 is 0 Å². The molecule has 0 saturated heterocycles. The minimum Gasteiger partial charge on any atom is -0.484 e. The third kappa shape index (κ3) is 4.61. The van der Waals surface area contributed by atoms with Crippen molar-refractivity contribution in [1.82, 2.24) is 5.43 Å². The fourth-order valence-corrected chi connectivity index (χ4v) is 2.43. The number of hydrogen-bond donors (Lipinski definition) is 1. The van der Waals surface area contributed by atoms with Crippen molar-refractivity contribution in [1.29, 1.82) is 0 Å². The van der Waals surface area contributed by atoms with Gasteiger partial charge in [-0.2, -0.15) is 5.10 Å². The summed E-state index contributed by atoms with van der Waals surface area (Å²) in [6, 6.07) is 11.4. The first-order valence-electron chi connectivity index (χ1n) is 5.90. The van der Waals surface area contributed by atoms with E-state index in [4.69, 9.17) is 4.74 Å². The second-order valence-electron chi connectivity index (χ2n) is 3.95. The number of halogens is 1. The minimum absolute atomic E-state index is 0.0538. The zero-order valence-corrected chi connectivity index (χ0v) is 13.8. The van der Waals surface area contributed by atoms with Crippen molar-refractivity contribution < 1.29 is 9.53 Å². The first-order valence-corrected chi connectivity index (χ1v) is 7.86. The van der Waals surface area contributed by atoms with E-state index in [0.29, 0.717) is 5.75 Å². The summed E-state index contributed by atoms with van der Waals surface area (Å²) < 4.78 is 6.48. The van der Waals surface area contributed by atoms with E-state index in [1.165, 1.54) is 0 Å². The van der Waals surface area contributed by atoms with E-state index in [1.807, 2.05) is 48.7 Å². The number of amides is 1. The Morgan fingerprint density at radius 2 is 2.10 bits per heavy atom. The molecular formula is C14H13IN2O2S. The highest BCUT2D eigenvalue weighted by Gasteiger charge is 2.03. The van der Waals surface area contributed by atoms with Crippen molar-refractivity contribution in [2.75, 3.05) is 6.61 Å². The maximum atomic E-state index is 11.6. The van der Waals surface area contributed by atoms with Gasteiger partial charge in [-0.1, -0.05) is 6.07 Å². The molecule has 0 aliphatic heterocycles. The Labute approximate surface area is 135 Å². The summed E-state index contributed by atoms with van der Waals surface area (Å²) in [4.78, 5) is 12.6. The molecule has 1 aromatic heterocycles. The van der Waals surface area contributed by atoms with Gasteiger partial charge in [0.25, 0.3) is 5.91 Å². The van der Waals surface area contributed by atoms with Crippen LogP contribution in [-0.4, -0.2) is 18.2 Å². The summed E-state index contributed by atoms with van der Waals surface area (Å²) in [7, 11) is 0. The molecule has 1 heterocycles. The molecule has 0 spiro atoms. The number of carbonyl (C=O) groups is 1. The number of carbonyl (C=O) groups excluding carboxylic acids is 1. The number of rotatable bonds is 5. The van der Waals surface area contributed by atoms with Crippen LogP contribution in [0.5, 0.6) is 5.75 Å². The van der Waals surface area contributed by atoms with Gasteiger partial charge in [-0.05, 0) is 65.2 Å². The minimum atomic E-state index is -0.278. The molecule has 0 radical (unpaired) electrons. The molecule has 0 fully saturated rings. The molecule has 104 valence electrons. The Balaban J connectivity index is 1.81. The maximum Gasteiger partial charge on any atom is 0.277 e. The predicted molar refractivity (Wildman–Crippen MR) is 89.3 cm³/mol. The van der Waals surface area contributed by atoms with Gasteiger partial charge in [-0.15, -0.1) is 11.3 Å². The van der Waals surface area contributed by atoms with Crippen LogP contribution in [0.3, 0.4) is 0 Å². The van der Waals surface area contributed by atoms with Crippen LogP contribution in [0.1, 0.15) is 11.8 Å². The third-order valence-electron chi connectivity index (χ3n) is 2.41. The molecule has 1 N–H and O–H groups in total. The Hall–Kier alpha value is -1.41. The number of nitrogens with zero attached hydrogens (tertiary/aromatic N) is 1. The van der Waals surface area contributed by atoms with Crippen LogP contribution < -0.4 is 10.2 Å². The second-order valence-corrected chi connectivity index (χ2v) is 6.15. The monoisotopic (exact) mass is 400 g/mol. The van der Waals surface area contributed by atoms with E-state index >= 15 is 0 Å². The van der Waals surface area contributed by atoms with Gasteiger partial charge in [-0.3, -0.25) is 4.79 Å². The molecular weight excluding hydrogens is 387 g/mol. The van der Waals surface area contributed by atoms with Crippen molar-refractivity contribution in [3.8, 4) is 5.75 Å². The summed E-state index contributed by atoms with van der Waals surface area (Å²) in [5.41, 5.74) is 3.26. The molecule has 0 aliphatic carbocycles. The van der Waals surface area contributed by atoms with Crippen molar-refractivity contribution >= 4 is 45.5 Å². The highest BCUT2D eigenvalue weighted by molar-refractivity contribution is 14.1. The summed E-state index contributed by atoms with van der Waals surface area (Å²) in [6.07, 6.45) is 0. The third-order valence-corrected chi connectivity index (χ3v) is 4.11. The first-order chi connectivity index (χ1) is 9.65. The summed E-state index contributed by atoms with van der Waals surface area (Å²) >= 11 is 3.79. The molecule has 0 aliphatic rings. The molecule has 0 unspecified atom stereocenters. The lowest BCUT2D eigenvalue weighted by atomic mass is 10.3. The van der Waals surface area contributed by atoms with Crippen molar-refractivity contribution in [2.24, 2.45) is 5.10 Å².